The van der Waals surface area contributed by atoms with Crippen LogP contribution >= 0.6 is 0 Å². The molecule has 1 atom stereocenters. The zero-order chi connectivity index (χ0) is 13.0. The maximum Gasteiger partial charge on any atom is 0.254 e. The third kappa shape index (κ3) is 2.62. The lowest BCUT2D eigenvalue weighted by Gasteiger charge is -2.24. The number of hydrogen-bond donors (Lipinski definition) is 1. The van der Waals surface area contributed by atoms with Gasteiger partial charge >= 0.3 is 0 Å². The second-order valence-corrected chi connectivity index (χ2v) is 4.65. The van der Waals surface area contributed by atoms with E-state index in [-0.39, 0.29) is 11.9 Å². The summed E-state index contributed by atoms with van der Waals surface area (Å²) in [6.45, 7) is 3.33. The molecule has 1 amide bonds. The average Bonchev–Trinajstić information content (AvgIpc) is 2.86. The van der Waals surface area contributed by atoms with E-state index in [1.165, 1.54) is 0 Å². The lowest BCUT2D eigenvalue weighted by atomic mass is 10.1. The summed E-state index contributed by atoms with van der Waals surface area (Å²) in [5.74, 6) is 0.105. The van der Waals surface area contributed by atoms with Crippen molar-refractivity contribution in [2.45, 2.75) is 32.4 Å². The van der Waals surface area contributed by atoms with E-state index in [1.54, 1.807) is 0 Å². The number of nitrogens with two attached hydrogens (primary N) is 1. The number of amides is 1. The second kappa shape index (κ2) is 5.83. The normalized spacial score (nSPS) is 18.3. The molecule has 1 aromatic rings. The lowest BCUT2D eigenvalue weighted by molar-refractivity contribution is 0.0744. The average molecular weight is 244 g/mol. The standard InChI is InChI=1S/C15H20N2O/c1-2-5-14-8-4-9-17(14)15(18)13-7-3-6-12(10-13)11-16/h3-4,6-8,10,14H,2,5,9,11,16H2,1H3/t14-/m1/s1. The number of carbonyl (C=O) groups is 1. The van der Waals surface area contributed by atoms with Gasteiger partial charge in [-0.05, 0) is 24.1 Å². The van der Waals surface area contributed by atoms with Gasteiger partial charge in [0.05, 0.1) is 6.04 Å². The molecule has 0 aromatic heterocycles. The van der Waals surface area contributed by atoms with Crippen molar-refractivity contribution in [2.24, 2.45) is 5.73 Å². The molecule has 0 spiro atoms. The van der Waals surface area contributed by atoms with Crippen LogP contribution in [0.5, 0.6) is 0 Å². The predicted molar refractivity (Wildman–Crippen MR) is 73.2 cm³/mol. The Hall–Kier alpha value is -1.61. The Labute approximate surface area is 108 Å². The van der Waals surface area contributed by atoms with E-state index >= 15 is 0 Å². The van der Waals surface area contributed by atoms with Gasteiger partial charge in [-0.3, -0.25) is 4.79 Å². The van der Waals surface area contributed by atoms with Gasteiger partial charge in [0, 0.05) is 18.7 Å². The van der Waals surface area contributed by atoms with Crippen LogP contribution in [0.3, 0.4) is 0 Å². The smallest absolute Gasteiger partial charge is 0.254 e. The van der Waals surface area contributed by atoms with Crippen LogP contribution in [-0.4, -0.2) is 23.4 Å². The summed E-state index contributed by atoms with van der Waals surface area (Å²) >= 11 is 0. The minimum Gasteiger partial charge on any atom is -0.328 e. The topological polar surface area (TPSA) is 46.3 Å². The monoisotopic (exact) mass is 244 g/mol. The van der Waals surface area contributed by atoms with Crippen molar-refractivity contribution in [1.29, 1.82) is 0 Å². The molecule has 1 aliphatic heterocycles. The fourth-order valence-corrected chi connectivity index (χ4v) is 2.35. The van der Waals surface area contributed by atoms with E-state index < -0.39 is 0 Å². The van der Waals surface area contributed by atoms with Gasteiger partial charge in [0.25, 0.3) is 5.91 Å². The molecule has 0 saturated carbocycles. The second-order valence-electron chi connectivity index (χ2n) is 4.65. The van der Waals surface area contributed by atoms with Gasteiger partial charge in [-0.2, -0.15) is 0 Å². The van der Waals surface area contributed by atoms with Gasteiger partial charge in [-0.1, -0.05) is 37.6 Å². The van der Waals surface area contributed by atoms with Crippen LogP contribution in [-0.2, 0) is 6.54 Å². The number of nitrogens with zero attached hydrogens (tertiary/aromatic N) is 1. The molecule has 2 N–H and O–H groups in total. The van der Waals surface area contributed by atoms with Crippen molar-refractivity contribution in [3.05, 3.63) is 47.5 Å². The van der Waals surface area contributed by atoms with E-state index in [1.807, 2.05) is 29.2 Å². The Balaban J connectivity index is 2.15. The van der Waals surface area contributed by atoms with E-state index in [4.69, 9.17) is 5.73 Å². The quantitative estimate of drug-likeness (QED) is 0.826. The third-order valence-corrected chi connectivity index (χ3v) is 3.32. The largest absolute Gasteiger partial charge is 0.328 e. The molecule has 2 rings (SSSR count). The Kier molecular flexibility index (Phi) is 4.15. The molecule has 0 fully saturated rings. The van der Waals surface area contributed by atoms with Gasteiger partial charge in [-0.15, -0.1) is 0 Å². The minimum atomic E-state index is 0.105. The molecule has 1 aliphatic rings. The van der Waals surface area contributed by atoms with Gasteiger partial charge < -0.3 is 10.6 Å². The predicted octanol–water partition coefficient (Wildman–Crippen LogP) is 2.33. The van der Waals surface area contributed by atoms with Crippen LogP contribution in [0.4, 0.5) is 0 Å². The highest BCUT2D eigenvalue weighted by molar-refractivity contribution is 5.95. The van der Waals surface area contributed by atoms with E-state index in [9.17, 15) is 4.79 Å². The minimum absolute atomic E-state index is 0.105. The highest BCUT2D eigenvalue weighted by Gasteiger charge is 2.24. The first-order valence-electron chi connectivity index (χ1n) is 6.53. The molecule has 1 heterocycles. The van der Waals surface area contributed by atoms with Gasteiger partial charge in [0.1, 0.15) is 0 Å². The fraction of sp³-hybridized carbons (Fsp3) is 0.400. The molecule has 0 bridgehead atoms. The van der Waals surface area contributed by atoms with Crippen LogP contribution in [0.15, 0.2) is 36.4 Å². The number of hydrogen-bond acceptors (Lipinski definition) is 2. The molecular formula is C15H20N2O. The SMILES string of the molecule is CCC[C@@H]1C=CCN1C(=O)c1cccc(CN)c1. The summed E-state index contributed by atoms with van der Waals surface area (Å²) in [7, 11) is 0. The molecule has 18 heavy (non-hydrogen) atoms. The van der Waals surface area contributed by atoms with Crippen molar-refractivity contribution in [2.75, 3.05) is 6.54 Å². The lowest BCUT2D eigenvalue weighted by Crippen LogP contribution is -2.36. The van der Waals surface area contributed by atoms with E-state index in [2.05, 4.69) is 19.1 Å². The Morgan fingerprint density at radius 3 is 3.06 bits per heavy atom. The number of benzene rings is 1. The van der Waals surface area contributed by atoms with Crippen molar-refractivity contribution in [1.82, 2.24) is 4.90 Å². The van der Waals surface area contributed by atoms with Gasteiger partial charge in [0.2, 0.25) is 0 Å². The third-order valence-electron chi connectivity index (χ3n) is 3.32. The molecule has 96 valence electrons. The van der Waals surface area contributed by atoms with Crippen molar-refractivity contribution in [3.8, 4) is 0 Å². The molecule has 1 aromatic carbocycles. The van der Waals surface area contributed by atoms with Gasteiger partial charge in [0.15, 0.2) is 0 Å². The first-order chi connectivity index (χ1) is 8.76. The molecule has 0 radical (unpaired) electrons. The summed E-state index contributed by atoms with van der Waals surface area (Å²) in [4.78, 5) is 14.4. The molecule has 3 heteroatoms. The Morgan fingerprint density at radius 1 is 1.50 bits per heavy atom. The van der Waals surface area contributed by atoms with E-state index in [0.717, 1.165) is 30.5 Å². The summed E-state index contributed by atoms with van der Waals surface area (Å²) in [6, 6.07) is 7.85. The number of rotatable bonds is 4. The summed E-state index contributed by atoms with van der Waals surface area (Å²) in [5, 5.41) is 0. The van der Waals surface area contributed by atoms with Crippen molar-refractivity contribution in [3.63, 3.8) is 0 Å². The Morgan fingerprint density at radius 2 is 2.33 bits per heavy atom. The van der Waals surface area contributed by atoms with Crippen LogP contribution in [0, 0.1) is 0 Å². The zero-order valence-electron chi connectivity index (χ0n) is 10.8. The molecule has 0 unspecified atom stereocenters. The summed E-state index contributed by atoms with van der Waals surface area (Å²) in [5.41, 5.74) is 7.35. The van der Waals surface area contributed by atoms with E-state index in [0.29, 0.717) is 6.54 Å². The van der Waals surface area contributed by atoms with Crippen molar-refractivity contribution >= 4 is 5.91 Å². The fourth-order valence-electron chi connectivity index (χ4n) is 2.35. The molecule has 0 saturated heterocycles. The van der Waals surface area contributed by atoms with Crippen LogP contribution < -0.4 is 5.73 Å². The summed E-state index contributed by atoms with van der Waals surface area (Å²) in [6.07, 6.45) is 6.32. The van der Waals surface area contributed by atoms with Crippen LogP contribution in [0.2, 0.25) is 0 Å². The Bertz CT molecular complexity index is 454. The maximum absolute atomic E-state index is 12.4. The summed E-state index contributed by atoms with van der Waals surface area (Å²) < 4.78 is 0. The molecular weight excluding hydrogens is 224 g/mol. The number of carbonyl (C=O) groups excluding carboxylic acids is 1. The van der Waals surface area contributed by atoms with Crippen LogP contribution in [0.1, 0.15) is 35.7 Å². The van der Waals surface area contributed by atoms with Gasteiger partial charge in [-0.25, -0.2) is 0 Å². The zero-order valence-corrected chi connectivity index (χ0v) is 10.8. The highest BCUT2D eigenvalue weighted by atomic mass is 16.2. The molecule has 0 aliphatic carbocycles. The first kappa shape index (κ1) is 12.8. The highest BCUT2D eigenvalue weighted by Crippen LogP contribution is 2.18. The van der Waals surface area contributed by atoms with Crippen LogP contribution in [0.25, 0.3) is 0 Å². The molecule has 3 nitrogen and oxygen atoms in total. The first-order valence-corrected chi connectivity index (χ1v) is 6.53. The van der Waals surface area contributed by atoms with Crippen molar-refractivity contribution < 1.29 is 4.79 Å². The maximum atomic E-state index is 12.4.